The molecule has 0 bridgehead atoms. The molecular formula is C29H41N5O4. The number of pyridine rings is 1. The summed E-state index contributed by atoms with van der Waals surface area (Å²) in [7, 11) is 2.04. The number of nitrogens with one attached hydrogen (secondary N) is 2. The molecule has 2 aromatic rings. The largest absolute Gasteiger partial charge is 0.486 e. The number of fused-ring (bicyclic) bond motifs is 1. The van der Waals surface area contributed by atoms with Gasteiger partial charge in [0.05, 0.1) is 23.9 Å². The van der Waals surface area contributed by atoms with E-state index >= 15 is 0 Å². The van der Waals surface area contributed by atoms with E-state index in [1.807, 2.05) is 26.1 Å². The summed E-state index contributed by atoms with van der Waals surface area (Å²) in [5.74, 6) is 0.138. The lowest BCUT2D eigenvalue weighted by Crippen LogP contribution is -2.50. The lowest BCUT2D eigenvalue weighted by atomic mass is 9.96. The summed E-state index contributed by atoms with van der Waals surface area (Å²) < 4.78 is 6.61. The van der Waals surface area contributed by atoms with Gasteiger partial charge in [-0.3, -0.25) is 14.7 Å². The molecule has 9 nitrogen and oxygen atoms in total. The van der Waals surface area contributed by atoms with Crippen LogP contribution in [0.5, 0.6) is 5.75 Å². The van der Waals surface area contributed by atoms with E-state index in [9.17, 15) is 14.7 Å². The van der Waals surface area contributed by atoms with E-state index < -0.39 is 0 Å². The highest BCUT2D eigenvalue weighted by Gasteiger charge is 2.34. The number of carbonyl (C=O) groups is 2. The molecule has 1 aliphatic heterocycles. The Morgan fingerprint density at radius 1 is 1.21 bits per heavy atom. The number of amides is 3. The molecule has 3 N–H and O–H groups in total. The van der Waals surface area contributed by atoms with Crippen molar-refractivity contribution in [1.29, 1.82) is 0 Å². The van der Waals surface area contributed by atoms with Crippen molar-refractivity contribution in [3.05, 3.63) is 53.9 Å². The Hall–Kier alpha value is -3.17. The van der Waals surface area contributed by atoms with Crippen molar-refractivity contribution < 1.29 is 19.4 Å². The quantitative estimate of drug-likeness (QED) is 0.485. The lowest BCUT2D eigenvalue weighted by molar-refractivity contribution is 0.0343. The molecular weight excluding hydrogens is 482 g/mol. The number of benzene rings is 1. The third-order valence-corrected chi connectivity index (χ3v) is 7.57. The van der Waals surface area contributed by atoms with Crippen LogP contribution in [-0.2, 0) is 6.54 Å². The topological polar surface area (TPSA) is 107 Å². The first-order valence-electron chi connectivity index (χ1n) is 13.7. The van der Waals surface area contributed by atoms with Crippen molar-refractivity contribution in [3.8, 4) is 5.75 Å². The number of para-hydroxylation sites is 1. The molecule has 1 aromatic carbocycles. The molecule has 1 aromatic heterocycles. The monoisotopic (exact) mass is 523 g/mol. The minimum Gasteiger partial charge on any atom is -0.486 e. The molecule has 0 saturated heterocycles. The summed E-state index contributed by atoms with van der Waals surface area (Å²) in [6.07, 6.45) is 8.71. The van der Waals surface area contributed by atoms with Crippen LogP contribution in [0.4, 0.5) is 10.5 Å². The molecule has 0 spiro atoms. The molecule has 0 radical (unpaired) electrons. The fraction of sp³-hybridized carbons (Fsp3) is 0.552. The smallest absolute Gasteiger partial charge is 0.319 e. The third-order valence-electron chi connectivity index (χ3n) is 7.57. The van der Waals surface area contributed by atoms with Crippen molar-refractivity contribution in [2.75, 3.05) is 32.1 Å². The Morgan fingerprint density at radius 3 is 2.66 bits per heavy atom. The van der Waals surface area contributed by atoms with E-state index in [0.29, 0.717) is 30.1 Å². The fourth-order valence-corrected chi connectivity index (χ4v) is 5.32. The molecule has 38 heavy (non-hydrogen) atoms. The Balaban J connectivity index is 1.60. The molecule has 2 heterocycles. The highest BCUT2D eigenvalue weighted by Crippen LogP contribution is 2.35. The predicted molar refractivity (Wildman–Crippen MR) is 147 cm³/mol. The Morgan fingerprint density at radius 2 is 1.95 bits per heavy atom. The molecule has 2 aliphatic rings. The first-order valence-corrected chi connectivity index (χ1v) is 13.7. The van der Waals surface area contributed by atoms with E-state index in [0.717, 1.165) is 37.8 Å². The van der Waals surface area contributed by atoms with Gasteiger partial charge in [0.25, 0.3) is 5.91 Å². The van der Waals surface area contributed by atoms with Crippen LogP contribution in [0, 0.1) is 5.92 Å². The predicted octanol–water partition coefficient (Wildman–Crippen LogP) is 3.89. The van der Waals surface area contributed by atoms with Gasteiger partial charge in [-0.2, -0.15) is 0 Å². The number of aromatic nitrogens is 1. The average Bonchev–Trinajstić information content (AvgIpc) is 2.91. The lowest BCUT2D eigenvalue weighted by Gasteiger charge is -2.38. The fourth-order valence-electron chi connectivity index (χ4n) is 5.32. The van der Waals surface area contributed by atoms with Crippen LogP contribution >= 0.6 is 0 Å². The number of carbonyl (C=O) groups excluding carboxylic acids is 2. The minimum absolute atomic E-state index is 0.0230. The Kier molecular flexibility index (Phi) is 9.58. The summed E-state index contributed by atoms with van der Waals surface area (Å²) in [5, 5.41) is 15.9. The van der Waals surface area contributed by atoms with Gasteiger partial charge in [-0.15, -0.1) is 0 Å². The molecule has 0 unspecified atom stereocenters. The Bertz CT molecular complexity index is 1080. The molecule has 3 amide bonds. The number of nitrogens with zero attached hydrogens (tertiary/aromatic N) is 3. The van der Waals surface area contributed by atoms with E-state index in [2.05, 4.69) is 27.4 Å². The summed E-state index contributed by atoms with van der Waals surface area (Å²) in [5.41, 5.74) is 2.00. The van der Waals surface area contributed by atoms with Gasteiger partial charge in [-0.1, -0.05) is 32.3 Å². The van der Waals surface area contributed by atoms with Gasteiger partial charge in [-0.05, 0) is 56.6 Å². The molecule has 1 aliphatic carbocycles. The third kappa shape index (κ3) is 7.02. The van der Waals surface area contributed by atoms with Crippen molar-refractivity contribution in [3.63, 3.8) is 0 Å². The van der Waals surface area contributed by atoms with Crippen LogP contribution < -0.4 is 15.4 Å². The van der Waals surface area contributed by atoms with Crippen LogP contribution in [0.2, 0.25) is 0 Å². The number of aliphatic hydroxyl groups excluding tert-OH is 1. The van der Waals surface area contributed by atoms with Crippen LogP contribution in [0.15, 0.2) is 42.7 Å². The first-order chi connectivity index (χ1) is 18.4. The van der Waals surface area contributed by atoms with Gasteiger partial charge in [0.1, 0.15) is 6.10 Å². The summed E-state index contributed by atoms with van der Waals surface area (Å²) in [6.45, 7) is 5.56. The zero-order chi connectivity index (χ0) is 27.1. The van der Waals surface area contributed by atoms with Gasteiger partial charge in [0, 0.05) is 44.0 Å². The van der Waals surface area contributed by atoms with Crippen LogP contribution in [0.3, 0.4) is 0 Å². The molecule has 3 atom stereocenters. The van der Waals surface area contributed by atoms with Crippen LogP contribution in [0.1, 0.15) is 61.9 Å². The second-order valence-electron chi connectivity index (χ2n) is 10.8. The maximum atomic E-state index is 13.7. The van der Waals surface area contributed by atoms with Gasteiger partial charge in [0.15, 0.2) is 5.75 Å². The van der Waals surface area contributed by atoms with E-state index in [1.165, 1.54) is 6.42 Å². The Labute approximate surface area is 225 Å². The van der Waals surface area contributed by atoms with Crippen molar-refractivity contribution >= 4 is 17.6 Å². The molecule has 206 valence electrons. The van der Waals surface area contributed by atoms with E-state index in [1.54, 1.807) is 35.5 Å². The van der Waals surface area contributed by atoms with Crippen molar-refractivity contribution in [1.82, 2.24) is 20.1 Å². The average molecular weight is 524 g/mol. The number of likely N-dealkylation sites (N-methyl/N-ethyl adjacent to an activating group) is 1. The SMILES string of the molecule is C[C@@H]1CN([C@@H](C)CO)C(=O)c2cccc(NC(=O)NC3CCCCC3)c2O[C@H]1CN(C)Cc1ccncc1. The highest BCUT2D eigenvalue weighted by atomic mass is 16.5. The van der Waals surface area contributed by atoms with Gasteiger partial charge < -0.3 is 25.4 Å². The number of hydrogen-bond donors (Lipinski definition) is 3. The minimum atomic E-state index is -0.350. The normalized spacial score (nSPS) is 21.2. The van der Waals surface area contributed by atoms with Crippen LogP contribution in [0.25, 0.3) is 0 Å². The van der Waals surface area contributed by atoms with Crippen LogP contribution in [-0.4, -0.2) is 76.8 Å². The molecule has 9 heteroatoms. The van der Waals surface area contributed by atoms with Crippen molar-refractivity contribution in [2.24, 2.45) is 5.92 Å². The molecule has 1 saturated carbocycles. The van der Waals surface area contributed by atoms with Crippen molar-refractivity contribution in [2.45, 2.75) is 70.7 Å². The van der Waals surface area contributed by atoms with E-state index in [-0.39, 0.29) is 42.7 Å². The number of ether oxygens (including phenoxy) is 1. The number of rotatable bonds is 8. The zero-order valence-electron chi connectivity index (χ0n) is 22.7. The van der Waals surface area contributed by atoms with E-state index in [4.69, 9.17) is 4.74 Å². The highest BCUT2D eigenvalue weighted by molar-refractivity contribution is 6.01. The van der Waals surface area contributed by atoms with Gasteiger partial charge in [-0.25, -0.2) is 4.79 Å². The summed E-state index contributed by atoms with van der Waals surface area (Å²) >= 11 is 0. The second-order valence-corrected chi connectivity index (χ2v) is 10.8. The molecule has 4 rings (SSSR count). The summed E-state index contributed by atoms with van der Waals surface area (Å²) in [4.78, 5) is 34.6. The maximum absolute atomic E-state index is 13.7. The van der Waals surface area contributed by atoms with Gasteiger partial charge in [0.2, 0.25) is 0 Å². The number of aliphatic hydroxyl groups is 1. The number of hydrogen-bond acceptors (Lipinski definition) is 6. The summed E-state index contributed by atoms with van der Waals surface area (Å²) in [6, 6.07) is 8.76. The maximum Gasteiger partial charge on any atom is 0.319 e. The molecule has 1 fully saturated rings. The number of urea groups is 1. The van der Waals surface area contributed by atoms with Gasteiger partial charge >= 0.3 is 6.03 Å². The zero-order valence-corrected chi connectivity index (χ0v) is 22.7. The number of anilines is 1. The second kappa shape index (κ2) is 13.1. The first kappa shape index (κ1) is 27.9. The standard InChI is InChI=1S/C29H41N5O4/c1-20-16-34(21(2)19-35)28(36)24-10-7-11-25(32-29(37)31-23-8-5-4-6-9-23)27(24)38-26(20)18-33(3)17-22-12-14-30-15-13-22/h7,10-15,20-21,23,26,35H,4-6,8-9,16-19H2,1-3H3,(H2,31,32,37)/t20-,21+,26+/m1/s1.